The summed E-state index contributed by atoms with van der Waals surface area (Å²) in [6, 6.07) is 19.3. The summed E-state index contributed by atoms with van der Waals surface area (Å²) in [5.41, 5.74) is 1.56. The number of benzene rings is 2. The first-order valence-electron chi connectivity index (χ1n) is 10.1. The number of halogens is 1. The second-order valence-corrected chi connectivity index (χ2v) is 7.43. The zero-order valence-corrected chi connectivity index (χ0v) is 18.4. The van der Waals surface area contributed by atoms with Gasteiger partial charge in [-0.25, -0.2) is 4.98 Å². The molecule has 8 heteroatoms. The molecule has 0 unspecified atom stereocenters. The smallest absolute Gasteiger partial charge is 0.268 e. The lowest BCUT2D eigenvalue weighted by Crippen LogP contribution is -2.34. The number of methoxy groups -OCH3 is 1. The molecule has 0 aliphatic rings. The van der Waals surface area contributed by atoms with Crippen molar-refractivity contribution in [3.05, 3.63) is 101 Å². The summed E-state index contributed by atoms with van der Waals surface area (Å²) in [6.07, 6.45) is 3.02. The normalized spacial score (nSPS) is 11.3. The van der Waals surface area contributed by atoms with Crippen LogP contribution < -0.4 is 15.4 Å². The van der Waals surface area contributed by atoms with Gasteiger partial charge in [0.25, 0.3) is 11.8 Å². The Morgan fingerprint density at radius 1 is 1.09 bits per heavy atom. The highest BCUT2D eigenvalue weighted by Gasteiger charge is 2.16. The Balaban J connectivity index is 1.67. The minimum Gasteiger partial charge on any atom is -0.497 e. The van der Waals surface area contributed by atoms with Crippen molar-refractivity contribution in [1.82, 2.24) is 15.6 Å². The van der Waals surface area contributed by atoms with Gasteiger partial charge < -0.3 is 19.8 Å². The Hall–Kier alpha value is -4.10. The predicted molar refractivity (Wildman–Crippen MR) is 126 cm³/mol. The van der Waals surface area contributed by atoms with Crippen molar-refractivity contribution >= 4 is 40.4 Å². The summed E-state index contributed by atoms with van der Waals surface area (Å²) in [5.74, 6) is 0.310. The molecule has 0 aliphatic carbocycles. The number of carbonyl (C=O) groups excluding carboxylic acids is 2. The van der Waals surface area contributed by atoms with Gasteiger partial charge in [0.2, 0.25) is 0 Å². The third-order valence-corrected chi connectivity index (χ3v) is 5.14. The van der Waals surface area contributed by atoms with Crippen LogP contribution in [-0.2, 0) is 11.3 Å². The first kappa shape index (κ1) is 22.1. The molecular weight excluding hydrogens is 442 g/mol. The molecule has 0 aliphatic heterocycles. The highest BCUT2D eigenvalue weighted by Crippen LogP contribution is 2.25. The summed E-state index contributed by atoms with van der Waals surface area (Å²) in [5, 5.41) is 6.40. The predicted octanol–water partition coefficient (Wildman–Crippen LogP) is 4.58. The number of amides is 2. The number of furan rings is 1. The summed E-state index contributed by atoms with van der Waals surface area (Å²) >= 11 is 6.40. The third kappa shape index (κ3) is 5.39. The van der Waals surface area contributed by atoms with Crippen LogP contribution in [0.25, 0.3) is 17.0 Å². The minimum absolute atomic E-state index is 0.0203. The van der Waals surface area contributed by atoms with E-state index in [1.54, 1.807) is 67.8 Å². The van der Waals surface area contributed by atoms with Crippen molar-refractivity contribution in [3.63, 3.8) is 0 Å². The maximum atomic E-state index is 13.0. The van der Waals surface area contributed by atoms with Gasteiger partial charge in [0.15, 0.2) is 0 Å². The Labute approximate surface area is 195 Å². The van der Waals surface area contributed by atoms with Crippen molar-refractivity contribution in [2.45, 2.75) is 6.54 Å². The minimum atomic E-state index is -0.499. The van der Waals surface area contributed by atoms with Crippen molar-refractivity contribution in [1.29, 1.82) is 0 Å². The van der Waals surface area contributed by atoms with Crippen LogP contribution in [0, 0.1) is 0 Å². The monoisotopic (exact) mass is 461 g/mol. The van der Waals surface area contributed by atoms with Crippen LogP contribution in [-0.4, -0.2) is 23.9 Å². The lowest BCUT2D eigenvalue weighted by molar-refractivity contribution is -0.118. The molecule has 0 atom stereocenters. The number of nitrogens with zero attached hydrogens (tertiary/aromatic N) is 1. The first-order chi connectivity index (χ1) is 16.0. The van der Waals surface area contributed by atoms with E-state index >= 15 is 0 Å². The average Bonchev–Trinajstić information content (AvgIpc) is 3.36. The van der Waals surface area contributed by atoms with Crippen LogP contribution in [0.15, 0.2) is 83.1 Å². The summed E-state index contributed by atoms with van der Waals surface area (Å²) < 4.78 is 10.5. The van der Waals surface area contributed by atoms with Gasteiger partial charge in [-0.2, -0.15) is 0 Å². The number of rotatable bonds is 7. The van der Waals surface area contributed by atoms with E-state index in [4.69, 9.17) is 20.8 Å². The highest BCUT2D eigenvalue weighted by atomic mass is 35.5. The van der Waals surface area contributed by atoms with E-state index in [-0.39, 0.29) is 17.4 Å². The van der Waals surface area contributed by atoms with Gasteiger partial charge in [0.05, 0.1) is 25.4 Å². The van der Waals surface area contributed by atoms with E-state index in [2.05, 4.69) is 15.6 Å². The molecule has 2 amide bonds. The summed E-state index contributed by atoms with van der Waals surface area (Å²) in [6.45, 7) is 0.161. The van der Waals surface area contributed by atoms with Crippen molar-refractivity contribution in [2.24, 2.45) is 0 Å². The van der Waals surface area contributed by atoms with E-state index in [0.717, 1.165) is 5.39 Å². The van der Waals surface area contributed by atoms with Crippen LogP contribution in [0.4, 0.5) is 0 Å². The van der Waals surface area contributed by atoms with Crippen molar-refractivity contribution in [2.75, 3.05) is 7.11 Å². The van der Waals surface area contributed by atoms with Crippen molar-refractivity contribution in [3.8, 4) is 5.75 Å². The molecule has 0 saturated heterocycles. The molecule has 0 bridgehead atoms. The van der Waals surface area contributed by atoms with Gasteiger partial charge in [-0.05, 0) is 48.5 Å². The van der Waals surface area contributed by atoms with Crippen LogP contribution in [0.3, 0.4) is 0 Å². The second-order valence-electron chi connectivity index (χ2n) is 7.07. The molecule has 7 nitrogen and oxygen atoms in total. The number of pyridine rings is 1. The van der Waals surface area contributed by atoms with E-state index in [1.165, 1.54) is 12.3 Å². The molecule has 166 valence electrons. The Kier molecular flexibility index (Phi) is 6.71. The van der Waals surface area contributed by atoms with E-state index < -0.39 is 11.8 Å². The number of ether oxygens (including phenoxy) is 1. The molecule has 33 heavy (non-hydrogen) atoms. The largest absolute Gasteiger partial charge is 0.497 e. The van der Waals surface area contributed by atoms with E-state index in [9.17, 15) is 9.59 Å². The topological polar surface area (TPSA) is 93.5 Å². The third-order valence-electron chi connectivity index (χ3n) is 4.84. The highest BCUT2D eigenvalue weighted by molar-refractivity contribution is 6.31. The molecule has 2 heterocycles. The van der Waals surface area contributed by atoms with E-state index in [0.29, 0.717) is 28.2 Å². The molecule has 2 aromatic carbocycles. The molecule has 4 aromatic rings. The van der Waals surface area contributed by atoms with E-state index in [1.807, 2.05) is 6.07 Å². The SMILES string of the molecule is COc1ccc2cc(/C=C(\NC(=O)c3ccccc3)C(=O)NCc3ccco3)c(Cl)nc2c1. The maximum absolute atomic E-state index is 13.0. The number of fused-ring (bicyclic) bond motifs is 1. The van der Waals surface area contributed by atoms with Crippen LogP contribution in [0.5, 0.6) is 5.75 Å². The molecule has 2 N–H and O–H groups in total. The van der Waals surface area contributed by atoms with Gasteiger partial charge in [-0.3, -0.25) is 9.59 Å². The first-order valence-corrected chi connectivity index (χ1v) is 10.4. The summed E-state index contributed by atoms with van der Waals surface area (Å²) in [7, 11) is 1.57. The quantitative estimate of drug-likeness (QED) is 0.310. The Bertz CT molecular complexity index is 1320. The van der Waals surface area contributed by atoms with Gasteiger partial charge in [-0.1, -0.05) is 29.8 Å². The van der Waals surface area contributed by atoms with Crippen molar-refractivity contribution < 1.29 is 18.7 Å². The number of hydrogen-bond donors (Lipinski definition) is 2. The molecule has 0 saturated carbocycles. The van der Waals surface area contributed by atoms with Crippen LogP contribution in [0.1, 0.15) is 21.7 Å². The molecule has 0 fully saturated rings. The second kappa shape index (κ2) is 10.0. The van der Waals surface area contributed by atoms with Gasteiger partial charge in [0.1, 0.15) is 22.4 Å². The molecular formula is C25H20ClN3O4. The van der Waals surface area contributed by atoms with Gasteiger partial charge >= 0.3 is 0 Å². The average molecular weight is 462 g/mol. The molecule has 0 radical (unpaired) electrons. The molecule has 2 aromatic heterocycles. The zero-order valence-electron chi connectivity index (χ0n) is 17.7. The zero-order chi connectivity index (χ0) is 23.2. The van der Waals surface area contributed by atoms with Crippen LogP contribution >= 0.6 is 11.6 Å². The van der Waals surface area contributed by atoms with Gasteiger partial charge in [-0.15, -0.1) is 0 Å². The van der Waals surface area contributed by atoms with Gasteiger partial charge in [0, 0.05) is 22.6 Å². The Morgan fingerprint density at radius 2 is 1.91 bits per heavy atom. The fourth-order valence-electron chi connectivity index (χ4n) is 3.14. The van der Waals surface area contributed by atoms with Crippen LogP contribution in [0.2, 0.25) is 5.15 Å². The lowest BCUT2D eigenvalue weighted by atomic mass is 10.1. The lowest BCUT2D eigenvalue weighted by Gasteiger charge is -2.12. The molecule has 4 rings (SSSR count). The number of nitrogens with one attached hydrogen (secondary N) is 2. The molecule has 0 spiro atoms. The Morgan fingerprint density at radius 3 is 2.64 bits per heavy atom. The summed E-state index contributed by atoms with van der Waals surface area (Å²) in [4.78, 5) is 30.1. The fraction of sp³-hybridized carbons (Fsp3) is 0.0800. The number of hydrogen-bond acceptors (Lipinski definition) is 5. The number of aromatic nitrogens is 1. The fourth-order valence-corrected chi connectivity index (χ4v) is 3.34. The maximum Gasteiger partial charge on any atom is 0.268 e. The standard InChI is InChI=1S/C25H20ClN3O4/c1-32-19-10-9-17-12-18(23(26)28-21(17)14-19)13-22(25(31)27-15-20-8-5-11-33-20)29-24(30)16-6-3-2-4-7-16/h2-14H,15H2,1H3,(H,27,31)(H,29,30)/b22-13-. The number of carbonyl (C=O) groups is 2.